The molecule has 9 nitrogen and oxygen atoms in total. The summed E-state index contributed by atoms with van der Waals surface area (Å²) >= 11 is 0. The molecule has 212 valence electrons. The number of likely N-dealkylation sites (N-methyl/N-ethyl adjacent to an activating group) is 1. The average molecular weight is 556 g/mol. The van der Waals surface area contributed by atoms with E-state index in [2.05, 4.69) is 42.6 Å². The molecule has 1 amide bonds. The molecule has 0 bridgehead atoms. The maximum Gasteiger partial charge on any atom is 0.421 e. The summed E-state index contributed by atoms with van der Waals surface area (Å²) < 4.78 is 47.3. The Labute approximate surface area is 230 Å². The monoisotopic (exact) mass is 555 g/mol. The second-order valence-corrected chi connectivity index (χ2v) is 9.64. The zero-order chi connectivity index (χ0) is 28.3. The van der Waals surface area contributed by atoms with Gasteiger partial charge in [0.25, 0.3) is 0 Å². The van der Waals surface area contributed by atoms with Crippen LogP contribution < -0.4 is 25.6 Å². The Bertz CT molecular complexity index is 1370. The SMILES string of the molecule is CCOc1cc(N2CCN(CC)CC2)ccc1Nc1ncc(C(F)(F)F)c(NCc2cccc3c2CC(=O)N3)n1. The van der Waals surface area contributed by atoms with Crippen molar-refractivity contribution in [2.75, 3.05) is 60.2 Å². The molecule has 0 unspecified atom stereocenters. The number of halogens is 3. The van der Waals surface area contributed by atoms with Crippen LogP contribution in [-0.4, -0.2) is 60.1 Å². The number of benzene rings is 2. The van der Waals surface area contributed by atoms with Gasteiger partial charge in [0.05, 0.1) is 18.7 Å². The van der Waals surface area contributed by atoms with E-state index in [-0.39, 0.29) is 30.6 Å². The fourth-order valence-electron chi connectivity index (χ4n) is 4.97. The van der Waals surface area contributed by atoms with Crippen LogP contribution in [0.25, 0.3) is 0 Å². The number of carbonyl (C=O) groups is 1. The summed E-state index contributed by atoms with van der Waals surface area (Å²) in [5, 5.41) is 8.60. The quantitative estimate of drug-likeness (QED) is 0.344. The molecule has 2 aromatic carbocycles. The first kappa shape index (κ1) is 27.5. The van der Waals surface area contributed by atoms with Gasteiger partial charge in [-0.15, -0.1) is 0 Å². The van der Waals surface area contributed by atoms with Gasteiger partial charge in [-0.3, -0.25) is 4.79 Å². The first-order valence-electron chi connectivity index (χ1n) is 13.3. The lowest BCUT2D eigenvalue weighted by Gasteiger charge is -2.35. The van der Waals surface area contributed by atoms with E-state index < -0.39 is 11.7 Å². The molecule has 2 aliphatic rings. The molecular weight excluding hydrogens is 523 g/mol. The molecular formula is C28H32F3N7O2. The number of ether oxygens (including phenoxy) is 1. The first-order chi connectivity index (χ1) is 19.2. The number of amides is 1. The molecule has 0 radical (unpaired) electrons. The van der Waals surface area contributed by atoms with E-state index >= 15 is 0 Å². The maximum absolute atomic E-state index is 13.8. The minimum Gasteiger partial charge on any atom is -0.492 e. The van der Waals surface area contributed by atoms with Gasteiger partial charge >= 0.3 is 6.18 Å². The molecule has 1 aromatic heterocycles. The Morgan fingerprint density at radius 2 is 1.90 bits per heavy atom. The van der Waals surface area contributed by atoms with Crippen LogP contribution in [0, 0.1) is 0 Å². The fraction of sp³-hybridized carbons (Fsp3) is 0.393. The predicted octanol–water partition coefficient (Wildman–Crippen LogP) is 4.89. The van der Waals surface area contributed by atoms with Crippen LogP contribution >= 0.6 is 0 Å². The van der Waals surface area contributed by atoms with Crippen molar-refractivity contribution < 1.29 is 22.7 Å². The smallest absolute Gasteiger partial charge is 0.421 e. The van der Waals surface area contributed by atoms with Gasteiger partial charge in [0.15, 0.2) is 0 Å². The van der Waals surface area contributed by atoms with E-state index in [9.17, 15) is 18.0 Å². The second kappa shape index (κ2) is 11.6. The number of nitrogens with one attached hydrogen (secondary N) is 3. The Morgan fingerprint density at radius 1 is 1.10 bits per heavy atom. The third-order valence-corrected chi connectivity index (χ3v) is 7.12. The number of rotatable bonds is 9. The third-order valence-electron chi connectivity index (χ3n) is 7.12. The van der Waals surface area contributed by atoms with E-state index in [1.165, 1.54) is 0 Å². The van der Waals surface area contributed by atoms with E-state index in [4.69, 9.17) is 4.74 Å². The van der Waals surface area contributed by atoms with E-state index in [0.717, 1.165) is 50.2 Å². The fourth-order valence-corrected chi connectivity index (χ4v) is 4.97. The molecule has 1 fully saturated rings. The lowest BCUT2D eigenvalue weighted by Crippen LogP contribution is -2.46. The van der Waals surface area contributed by atoms with Crippen molar-refractivity contribution in [3.05, 3.63) is 59.3 Å². The van der Waals surface area contributed by atoms with Crippen molar-refractivity contribution >= 4 is 34.7 Å². The van der Waals surface area contributed by atoms with Gasteiger partial charge < -0.3 is 30.5 Å². The van der Waals surface area contributed by atoms with Crippen LogP contribution in [0.5, 0.6) is 5.75 Å². The van der Waals surface area contributed by atoms with Gasteiger partial charge in [-0.2, -0.15) is 18.2 Å². The van der Waals surface area contributed by atoms with Crippen molar-refractivity contribution in [1.82, 2.24) is 14.9 Å². The summed E-state index contributed by atoms with van der Waals surface area (Å²) in [5.41, 5.74) is 2.73. The van der Waals surface area contributed by atoms with Crippen LogP contribution in [0.15, 0.2) is 42.6 Å². The van der Waals surface area contributed by atoms with Crippen molar-refractivity contribution in [3.63, 3.8) is 0 Å². The van der Waals surface area contributed by atoms with Crippen molar-refractivity contribution in [1.29, 1.82) is 0 Å². The molecule has 1 saturated heterocycles. The Kier molecular flexibility index (Phi) is 7.97. The number of carbonyl (C=O) groups excluding carboxylic acids is 1. The lowest BCUT2D eigenvalue weighted by atomic mass is 10.0. The standard InChI is InChI=1S/C28H32F3N7O2/c1-3-37-10-12-38(13-11-37)19-8-9-23(24(14-19)40-4-2)35-27-33-17-21(28(29,30)31)26(36-27)32-16-18-6-5-7-22-20(18)15-25(39)34-22/h5-9,14,17H,3-4,10-13,15-16H2,1-2H3,(H,34,39)(H2,32,33,35,36). The largest absolute Gasteiger partial charge is 0.492 e. The maximum atomic E-state index is 13.8. The highest BCUT2D eigenvalue weighted by Crippen LogP contribution is 2.36. The van der Waals surface area contributed by atoms with Crippen molar-refractivity contribution in [3.8, 4) is 5.75 Å². The molecule has 3 aromatic rings. The van der Waals surface area contributed by atoms with Gasteiger partial charge in [0, 0.05) is 56.4 Å². The van der Waals surface area contributed by atoms with Crippen LogP contribution in [0.2, 0.25) is 0 Å². The number of anilines is 5. The molecule has 0 aliphatic carbocycles. The van der Waals surface area contributed by atoms with Gasteiger partial charge in [-0.1, -0.05) is 19.1 Å². The van der Waals surface area contributed by atoms with Crippen LogP contribution in [0.4, 0.5) is 42.0 Å². The van der Waals surface area contributed by atoms with Gasteiger partial charge in [0.1, 0.15) is 17.1 Å². The predicted molar refractivity (Wildman–Crippen MR) is 148 cm³/mol. The Balaban J connectivity index is 1.37. The molecule has 2 aliphatic heterocycles. The van der Waals surface area contributed by atoms with Gasteiger partial charge in [-0.05, 0) is 42.8 Å². The number of nitrogens with zero attached hydrogens (tertiary/aromatic N) is 4. The molecule has 0 spiro atoms. The highest BCUT2D eigenvalue weighted by atomic mass is 19.4. The van der Waals surface area contributed by atoms with E-state index in [1.807, 2.05) is 25.1 Å². The third kappa shape index (κ3) is 6.06. The Morgan fingerprint density at radius 3 is 2.62 bits per heavy atom. The summed E-state index contributed by atoms with van der Waals surface area (Å²) in [6.07, 6.45) is -3.71. The molecule has 3 heterocycles. The summed E-state index contributed by atoms with van der Waals surface area (Å²) in [6.45, 7) is 9.29. The summed E-state index contributed by atoms with van der Waals surface area (Å²) in [6, 6.07) is 11.0. The zero-order valence-corrected chi connectivity index (χ0v) is 22.4. The van der Waals surface area contributed by atoms with E-state index in [1.54, 1.807) is 18.2 Å². The van der Waals surface area contributed by atoms with Crippen LogP contribution in [0.1, 0.15) is 30.5 Å². The second-order valence-electron chi connectivity index (χ2n) is 9.64. The van der Waals surface area contributed by atoms with Gasteiger partial charge in [-0.25, -0.2) is 4.98 Å². The summed E-state index contributed by atoms with van der Waals surface area (Å²) in [7, 11) is 0. The first-order valence-corrected chi connectivity index (χ1v) is 13.3. The number of fused-ring (bicyclic) bond motifs is 1. The lowest BCUT2D eigenvalue weighted by molar-refractivity contribution is -0.137. The van der Waals surface area contributed by atoms with Crippen molar-refractivity contribution in [2.45, 2.75) is 33.0 Å². The van der Waals surface area contributed by atoms with Crippen molar-refractivity contribution in [2.24, 2.45) is 0 Å². The highest BCUT2D eigenvalue weighted by molar-refractivity contribution is 5.99. The number of piperazine rings is 1. The molecule has 0 saturated carbocycles. The summed E-state index contributed by atoms with van der Waals surface area (Å²) in [5.74, 6) is 0.0541. The molecule has 0 atom stereocenters. The van der Waals surface area contributed by atoms with Gasteiger partial charge in [0.2, 0.25) is 11.9 Å². The molecule has 3 N–H and O–H groups in total. The van der Waals surface area contributed by atoms with Crippen LogP contribution in [-0.2, 0) is 23.9 Å². The molecule has 5 rings (SSSR count). The van der Waals surface area contributed by atoms with E-state index in [0.29, 0.717) is 29.3 Å². The number of hydrogen-bond donors (Lipinski definition) is 3. The number of alkyl halides is 3. The normalized spacial score (nSPS) is 15.5. The molecule has 40 heavy (non-hydrogen) atoms. The Hall–Kier alpha value is -4.06. The highest BCUT2D eigenvalue weighted by Gasteiger charge is 2.35. The topological polar surface area (TPSA) is 94.7 Å². The zero-order valence-electron chi connectivity index (χ0n) is 22.4. The average Bonchev–Trinajstić information content (AvgIpc) is 3.33. The summed E-state index contributed by atoms with van der Waals surface area (Å²) in [4.78, 5) is 24.6. The minimum atomic E-state index is -4.66. The van der Waals surface area contributed by atoms with Crippen LogP contribution in [0.3, 0.4) is 0 Å². The number of aromatic nitrogens is 2. The minimum absolute atomic E-state index is 0.00380. The molecule has 12 heteroatoms. The number of hydrogen-bond acceptors (Lipinski definition) is 8.